The van der Waals surface area contributed by atoms with E-state index in [1.807, 2.05) is 37.5 Å². The number of hydrogen-bond acceptors (Lipinski definition) is 3. The lowest BCUT2D eigenvalue weighted by atomic mass is 10.2. The zero-order valence-corrected chi connectivity index (χ0v) is 11.2. The smallest absolute Gasteiger partial charge is 0.221 e. The molecule has 0 unspecified atom stereocenters. The average molecular weight is 258 g/mol. The molecule has 0 saturated carbocycles. The molecule has 0 aliphatic heterocycles. The summed E-state index contributed by atoms with van der Waals surface area (Å²) in [5, 5.41) is 2.75. The molecule has 1 aromatic heterocycles. The third-order valence-electron chi connectivity index (χ3n) is 2.70. The van der Waals surface area contributed by atoms with E-state index in [0.29, 0.717) is 0 Å². The fourth-order valence-electron chi connectivity index (χ4n) is 1.90. The summed E-state index contributed by atoms with van der Waals surface area (Å²) < 4.78 is 0. The lowest BCUT2D eigenvalue weighted by Crippen LogP contribution is -2.18. The van der Waals surface area contributed by atoms with Gasteiger partial charge in [-0.2, -0.15) is 0 Å². The SMILES string of the molecule is CC(=O)Nc1ccc(CN(C)Cc2ncc[nH]2)cc1. The first-order chi connectivity index (χ1) is 9.13. The van der Waals surface area contributed by atoms with Crippen LogP contribution in [-0.4, -0.2) is 27.8 Å². The molecule has 1 heterocycles. The molecule has 0 aliphatic rings. The Kier molecular flexibility index (Phi) is 4.30. The van der Waals surface area contributed by atoms with Crippen LogP contribution in [0.25, 0.3) is 0 Å². The summed E-state index contributed by atoms with van der Waals surface area (Å²) in [4.78, 5) is 20.4. The zero-order valence-electron chi connectivity index (χ0n) is 11.2. The van der Waals surface area contributed by atoms with Crippen LogP contribution < -0.4 is 5.32 Å². The lowest BCUT2D eigenvalue weighted by Gasteiger charge is -2.15. The van der Waals surface area contributed by atoms with Crippen molar-refractivity contribution in [3.63, 3.8) is 0 Å². The Morgan fingerprint density at radius 3 is 2.63 bits per heavy atom. The maximum absolute atomic E-state index is 10.9. The second-order valence-electron chi connectivity index (χ2n) is 4.59. The molecule has 2 aromatic rings. The maximum Gasteiger partial charge on any atom is 0.221 e. The quantitative estimate of drug-likeness (QED) is 0.862. The van der Waals surface area contributed by atoms with Gasteiger partial charge in [-0.05, 0) is 24.7 Å². The van der Waals surface area contributed by atoms with Crippen LogP contribution in [0.5, 0.6) is 0 Å². The Morgan fingerprint density at radius 2 is 2.05 bits per heavy atom. The van der Waals surface area contributed by atoms with Gasteiger partial charge in [0.25, 0.3) is 0 Å². The summed E-state index contributed by atoms with van der Waals surface area (Å²) in [6, 6.07) is 7.86. The van der Waals surface area contributed by atoms with Crippen LogP contribution in [0, 0.1) is 0 Å². The number of imidazole rings is 1. The summed E-state index contributed by atoms with van der Waals surface area (Å²) in [5.74, 6) is 0.903. The van der Waals surface area contributed by atoms with Crippen molar-refractivity contribution < 1.29 is 4.79 Å². The third kappa shape index (κ3) is 4.22. The van der Waals surface area contributed by atoms with Crippen LogP contribution in [-0.2, 0) is 17.9 Å². The van der Waals surface area contributed by atoms with Crippen LogP contribution in [0.15, 0.2) is 36.7 Å². The second-order valence-corrected chi connectivity index (χ2v) is 4.59. The highest BCUT2D eigenvalue weighted by atomic mass is 16.1. The van der Waals surface area contributed by atoms with Crippen LogP contribution in [0.3, 0.4) is 0 Å². The molecule has 2 N–H and O–H groups in total. The maximum atomic E-state index is 10.9. The Labute approximate surface area is 112 Å². The number of H-pyrrole nitrogens is 1. The molecule has 0 fully saturated rings. The van der Waals surface area contributed by atoms with Crippen LogP contribution in [0.1, 0.15) is 18.3 Å². The standard InChI is InChI=1S/C14H18N4O/c1-11(19)17-13-5-3-12(4-6-13)9-18(2)10-14-15-7-8-16-14/h3-8H,9-10H2,1-2H3,(H,15,16)(H,17,19). The minimum Gasteiger partial charge on any atom is -0.348 e. The van der Waals surface area contributed by atoms with E-state index in [9.17, 15) is 4.79 Å². The number of aromatic amines is 1. The Balaban J connectivity index is 1.90. The molecule has 0 bridgehead atoms. The Morgan fingerprint density at radius 1 is 1.32 bits per heavy atom. The number of amides is 1. The highest BCUT2D eigenvalue weighted by molar-refractivity contribution is 5.88. The van der Waals surface area contributed by atoms with Crippen molar-refractivity contribution in [3.8, 4) is 0 Å². The number of carbonyl (C=O) groups is 1. The fourth-order valence-corrected chi connectivity index (χ4v) is 1.90. The summed E-state index contributed by atoms with van der Waals surface area (Å²) >= 11 is 0. The molecule has 0 atom stereocenters. The topological polar surface area (TPSA) is 61.0 Å². The fraction of sp³-hybridized carbons (Fsp3) is 0.286. The van der Waals surface area contributed by atoms with Gasteiger partial charge < -0.3 is 10.3 Å². The van der Waals surface area contributed by atoms with Crippen molar-refractivity contribution in [2.75, 3.05) is 12.4 Å². The molecular weight excluding hydrogens is 240 g/mol. The van der Waals surface area contributed by atoms with Crippen molar-refractivity contribution in [3.05, 3.63) is 48.0 Å². The molecule has 100 valence electrons. The van der Waals surface area contributed by atoms with E-state index in [4.69, 9.17) is 0 Å². The first kappa shape index (κ1) is 13.3. The average Bonchev–Trinajstić information content (AvgIpc) is 2.83. The second kappa shape index (κ2) is 6.15. The van der Waals surface area contributed by atoms with Gasteiger partial charge in [0, 0.05) is 31.5 Å². The van der Waals surface area contributed by atoms with E-state index in [-0.39, 0.29) is 5.91 Å². The molecule has 5 heteroatoms. The van der Waals surface area contributed by atoms with Gasteiger partial charge in [0.1, 0.15) is 5.82 Å². The molecule has 1 amide bonds. The van der Waals surface area contributed by atoms with Crippen LogP contribution >= 0.6 is 0 Å². The number of rotatable bonds is 5. The van der Waals surface area contributed by atoms with Crippen molar-refractivity contribution in [2.45, 2.75) is 20.0 Å². The van der Waals surface area contributed by atoms with Gasteiger partial charge in [0.2, 0.25) is 5.91 Å². The van der Waals surface area contributed by atoms with E-state index in [1.54, 1.807) is 6.20 Å². The van der Waals surface area contributed by atoms with Gasteiger partial charge in [-0.25, -0.2) is 4.98 Å². The first-order valence-corrected chi connectivity index (χ1v) is 6.17. The molecule has 0 radical (unpaired) electrons. The number of anilines is 1. The van der Waals surface area contributed by atoms with Crippen LogP contribution in [0.2, 0.25) is 0 Å². The molecular formula is C14H18N4O. The van der Waals surface area contributed by atoms with Crippen molar-refractivity contribution >= 4 is 11.6 Å². The van der Waals surface area contributed by atoms with Crippen molar-refractivity contribution in [2.24, 2.45) is 0 Å². The third-order valence-corrected chi connectivity index (χ3v) is 2.70. The summed E-state index contributed by atoms with van der Waals surface area (Å²) in [6.07, 6.45) is 3.58. The monoisotopic (exact) mass is 258 g/mol. The molecule has 0 spiro atoms. The molecule has 19 heavy (non-hydrogen) atoms. The predicted molar refractivity (Wildman–Crippen MR) is 74.5 cm³/mol. The Hall–Kier alpha value is -2.14. The number of carbonyl (C=O) groups excluding carboxylic acids is 1. The van der Waals surface area contributed by atoms with E-state index in [0.717, 1.165) is 24.6 Å². The van der Waals surface area contributed by atoms with E-state index in [2.05, 4.69) is 20.2 Å². The minimum absolute atomic E-state index is 0.0531. The zero-order chi connectivity index (χ0) is 13.7. The summed E-state index contributed by atoms with van der Waals surface area (Å²) in [5.41, 5.74) is 2.02. The van der Waals surface area contributed by atoms with E-state index in [1.165, 1.54) is 12.5 Å². The highest BCUT2D eigenvalue weighted by Crippen LogP contribution is 2.11. The van der Waals surface area contributed by atoms with Crippen molar-refractivity contribution in [1.82, 2.24) is 14.9 Å². The molecule has 5 nitrogen and oxygen atoms in total. The van der Waals surface area contributed by atoms with Crippen molar-refractivity contribution in [1.29, 1.82) is 0 Å². The number of aromatic nitrogens is 2. The number of nitrogens with zero attached hydrogens (tertiary/aromatic N) is 2. The molecule has 1 aromatic carbocycles. The van der Waals surface area contributed by atoms with Gasteiger partial charge in [0.05, 0.1) is 6.54 Å². The molecule has 0 aliphatic carbocycles. The van der Waals surface area contributed by atoms with Gasteiger partial charge in [0.15, 0.2) is 0 Å². The Bertz CT molecular complexity index is 519. The highest BCUT2D eigenvalue weighted by Gasteiger charge is 2.03. The summed E-state index contributed by atoms with van der Waals surface area (Å²) in [6.45, 7) is 3.12. The number of benzene rings is 1. The van der Waals surface area contributed by atoms with E-state index >= 15 is 0 Å². The number of nitrogens with one attached hydrogen (secondary N) is 2. The lowest BCUT2D eigenvalue weighted by molar-refractivity contribution is -0.114. The molecule has 0 saturated heterocycles. The predicted octanol–water partition coefficient (Wildman–Crippen LogP) is 2.00. The number of hydrogen-bond donors (Lipinski definition) is 2. The normalized spacial score (nSPS) is 10.7. The first-order valence-electron chi connectivity index (χ1n) is 6.17. The molecule has 2 rings (SSSR count). The van der Waals surface area contributed by atoms with Gasteiger partial charge in [-0.15, -0.1) is 0 Å². The minimum atomic E-state index is -0.0531. The van der Waals surface area contributed by atoms with Crippen LogP contribution in [0.4, 0.5) is 5.69 Å². The largest absolute Gasteiger partial charge is 0.348 e. The van der Waals surface area contributed by atoms with Gasteiger partial charge in [-0.3, -0.25) is 9.69 Å². The van der Waals surface area contributed by atoms with Gasteiger partial charge >= 0.3 is 0 Å². The van der Waals surface area contributed by atoms with Gasteiger partial charge in [-0.1, -0.05) is 12.1 Å². The van der Waals surface area contributed by atoms with E-state index < -0.39 is 0 Å². The summed E-state index contributed by atoms with van der Waals surface area (Å²) in [7, 11) is 2.05.